The number of aromatic nitrogens is 2. The molecule has 10 heteroatoms. The minimum absolute atomic E-state index is 0.139. The van der Waals surface area contributed by atoms with Crippen molar-refractivity contribution in [3.63, 3.8) is 0 Å². The van der Waals surface area contributed by atoms with E-state index in [1.165, 1.54) is 24.3 Å². The Balaban J connectivity index is 2.16. The van der Waals surface area contributed by atoms with Gasteiger partial charge in [0.25, 0.3) is 0 Å². The van der Waals surface area contributed by atoms with Gasteiger partial charge in [0, 0.05) is 24.3 Å². The van der Waals surface area contributed by atoms with E-state index in [9.17, 15) is 21.6 Å². The predicted octanol–water partition coefficient (Wildman–Crippen LogP) is 4.05. The molecule has 2 aromatic carbocycles. The highest BCUT2D eigenvalue weighted by atomic mass is 32.2. The number of halogens is 3. The van der Waals surface area contributed by atoms with Crippen LogP contribution in [-0.2, 0) is 16.2 Å². The van der Waals surface area contributed by atoms with Gasteiger partial charge in [-0.25, -0.2) is 18.2 Å². The van der Waals surface area contributed by atoms with Gasteiger partial charge in [-0.2, -0.15) is 18.3 Å². The van der Waals surface area contributed by atoms with Crippen molar-refractivity contribution in [3.05, 3.63) is 60.3 Å². The molecule has 0 unspecified atom stereocenters. The Hall–Kier alpha value is -2.85. The number of nitrogens with zero attached hydrogens (tertiary/aromatic N) is 3. The van der Waals surface area contributed by atoms with Crippen LogP contribution in [0, 0.1) is 0 Å². The van der Waals surface area contributed by atoms with E-state index in [1.54, 1.807) is 18.2 Å². The third-order valence-corrected chi connectivity index (χ3v) is 5.61. The van der Waals surface area contributed by atoms with Crippen LogP contribution in [0.4, 0.5) is 18.9 Å². The summed E-state index contributed by atoms with van der Waals surface area (Å²) in [6.07, 6.45) is -4.63. The molecule has 3 aromatic rings. The van der Waals surface area contributed by atoms with Crippen LogP contribution in [0.25, 0.3) is 16.9 Å². The lowest BCUT2D eigenvalue weighted by Crippen LogP contribution is -2.21. The third kappa shape index (κ3) is 4.49. The predicted molar refractivity (Wildman–Crippen MR) is 109 cm³/mol. The van der Waals surface area contributed by atoms with Crippen LogP contribution in [0.15, 0.2) is 59.5 Å². The Bertz CT molecular complexity index is 1140. The number of nitrogens with two attached hydrogens (primary N) is 1. The molecule has 0 aliphatic carbocycles. The second kappa shape index (κ2) is 8.11. The molecule has 6 nitrogen and oxygen atoms in total. The van der Waals surface area contributed by atoms with E-state index in [0.717, 1.165) is 29.5 Å². The lowest BCUT2D eigenvalue weighted by atomic mass is 10.1. The van der Waals surface area contributed by atoms with E-state index in [1.807, 2.05) is 19.9 Å². The fourth-order valence-electron chi connectivity index (χ4n) is 3.15. The van der Waals surface area contributed by atoms with Crippen LogP contribution in [-0.4, -0.2) is 31.3 Å². The highest BCUT2D eigenvalue weighted by molar-refractivity contribution is 7.89. The Morgan fingerprint density at radius 2 is 1.67 bits per heavy atom. The lowest BCUT2D eigenvalue weighted by Gasteiger charge is -2.21. The van der Waals surface area contributed by atoms with Crippen LogP contribution in [0.5, 0.6) is 0 Å². The minimum Gasteiger partial charge on any atom is -0.372 e. The monoisotopic (exact) mass is 438 g/mol. The number of primary sulfonamides is 1. The summed E-state index contributed by atoms with van der Waals surface area (Å²) in [6, 6.07) is 13.4. The first-order valence-electron chi connectivity index (χ1n) is 9.20. The summed E-state index contributed by atoms with van der Waals surface area (Å²) in [6.45, 7) is 5.49. The summed E-state index contributed by atoms with van der Waals surface area (Å²) < 4.78 is 64.2. The topological polar surface area (TPSA) is 81.2 Å². The lowest BCUT2D eigenvalue weighted by molar-refractivity contribution is -0.141. The first kappa shape index (κ1) is 21.8. The number of rotatable bonds is 6. The van der Waals surface area contributed by atoms with Crippen molar-refractivity contribution < 1.29 is 21.6 Å². The molecule has 3 rings (SSSR count). The minimum atomic E-state index is -4.63. The first-order valence-corrected chi connectivity index (χ1v) is 10.7. The van der Waals surface area contributed by atoms with E-state index >= 15 is 0 Å². The zero-order chi connectivity index (χ0) is 22.1. The number of benzene rings is 2. The van der Waals surface area contributed by atoms with Gasteiger partial charge in [0.2, 0.25) is 10.0 Å². The van der Waals surface area contributed by atoms with Crippen molar-refractivity contribution in [2.45, 2.75) is 24.9 Å². The number of hydrogen-bond donors (Lipinski definition) is 1. The average molecular weight is 438 g/mol. The number of anilines is 1. The van der Waals surface area contributed by atoms with Gasteiger partial charge in [-0.1, -0.05) is 12.1 Å². The average Bonchev–Trinajstić information content (AvgIpc) is 3.15. The Labute approximate surface area is 172 Å². The molecular formula is C20H21F3N4O2S. The summed E-state index contributed by atoms with van der Waals surface area (Å²) in [5, 5.41) is 8.83. The maximum absolute atomic E-state index is 13.4. The Morgan fingerprint density at radius 1 is 1.03 bits per heavy atom. The van der Waals surface area contributed by atoms with Crippen molar-refractivity contribution >= 4 is 15.7 Å². The molecule has 0 saturated carbocycles. The SMILES string of the molecule is CCN(CC)c1cccc(-c2cc(C(F)(F)F)nn2-c2ccc(S(N)(=O)=O)cc2)c1. The molecule has 0 atom stereocenters. The van der Waals surface area contributed by atoms with Gasteiger partial charge < -0.3 is 4.90 Å². The summed E-state index contributed by atoms with van der Waals surface area (Å²) >= 11 is 0. The van der Waals surface area contributed by atoms with E-state index in [4.69, 9.17) is 5.14 Å². The standard InChI is InChI=1S/C20H21F3N4O2S/c1-3-26(4-2)16-7-5-6-14(12-16)18-13-19(20(21,22)23)25-27(18)15-8-10-17(11-9-15)30(24,28)29/h5-13H,3-4H2,1-2H3,(H2,24,28,29). The molecule has 0 amide bonds. The molecule has 0 radical (unpaired) electrons. The van der Waals surface area contributed by atoms with Crippen LogP contribution in [0.2, 0.25) is 0 Å². The summed E-state index contributed by atoms with van der Waals surface area (Å²) in [5.41, 5.74) is 0.906. The number of hydrogen-bond acceptors (Lipinski definition) is 4. The molecule has 0 aliphatic rings. The fourth-order valence-corrected chi connectivity index (χ4v) is 3.67. The third-order valence-electron chi connectivity index (χ3n) is 4.68. The summed E-state index contributed by atoms with van der Waals surface area (Å²) in [5.74, 6) is 0. The zero-order valence-corrected chi connectivity index (χ0v) is 17.2. The normalized spacial score (nSPS) is 12.2. The Kier molecular flexibility index (Phi) is 5.91. The van der Waals surface area contributed by atoms with E-state index in [-0.39, 0.29) is 16.3 Å². The van der Waals surface area contributed by atoms with Gasteiger partial charge in [0.15, 0.2) is 5.69 Å². The number of alkyl halides is 3. The van der Waals surface area contributed by atoms with Gasteiger partial charge in [-0.15, -0.1) is 0 Å². The van der Waals surface area contributed by atoms with E-state index in [2.05, 4.69) is 10.00 Å². The van der Waals surface area contributed by atoms with Gasteiger partial charge in [0.05, 0.1) is 16.3 Å². The maximum atomic E-state index is 13.4. The fraction of sp³-hybridized carbons (Fsp3) is 0.250. The molecule has 30 heavy (non-hydrogen) atoms. The molecule has 0 aliphatic heterocycles. The molecule has 0 fully saturated rings. The van der Waals surface area contributed by atoms with E-state index < -0.39 is 21.9 Å². The first-order chi connectivity index (χ1) is 14.0. The zero-order valence-electron chi connectivity index (χ0n) is 16.4. The van der Waals surface area contributed by atoms with Crippen molar-refractivity contribution in [1.29, 1.82) is 0 Å². The molecule has 2 N–H and O–H groups in total. The smallest absolute Gasteiger partial charge is 0.372 e. The van der Waals surface area contributed by atoms with E-state index in [0.29, 0.717) is 5.56 Å². The molecule has 1 heterocycles. The second-order valence-corrected chi connectivity index (χ2v) is 8.15. The van der Waals surface area contributed by atoms with Gasteiger partial charge >= 0.3 is 6.18 Å². The molecule has 0 spiro atoms. The second-order valence-electron chi connectivity index (χ2n) is 6.59. The van der Waals surface area contributed by atoms with Crippen molar-refractivity contribution in [2.75, 3.05) is 18.0 Å². The van der Waals surface area contributed by atoms with Crippen molar-refractivity contribution in [1.82, 2.24) is 9.78 Å². The largest absolute Gasteiger partial charge is 0.435 e. The van der Waals surface area contributed by atoms with Crippen molar-refractivity contribution in [2.24, 2.45) is 5.14 Å². The maximum Gasteiger partial charge on any atom is 0.435 e. The molecular weight excluding hydrogens is 417 g/mol. The Morgan fingerprint density at radius 3 is 2.20 bits per heavy atom. The van der Waals surface area contributed by atoms with Gasteiger partial charge in [-0.3, -0.25) is 0 Å². The van der Waals surface area contributed by atoms with Crippen LogP contribution in [0.1, 0.15) is 19.5 Å². The quantitative estimate of drug-likeness (QED) is 0.630. The highest BCUT2D eigenvalue weighted by Gasteiger charge is 2.35. The van der Waals surface area contributed by atoms with Crippen LogP contribution >= 0.6 is 0 Å². The molecule has 160 valence electrons. The summed E-state index contributed by atoms with van der Waals surface area (Å²) in [7, 11) is -3.92. The van der Waals surface area contributed by atoms with Crippen LogP contribution in [0.3, 0.4) is 0 Å². The van der Waals surface area contributed by atoms with Gasteiger partial charge in [0.1, 0.15) is 0 Å². The van der Waals surface area contributed by atoms with Gasteiger partial charge in [-0.05, 0) is 56.3 Å². The van der Waals surface area contributed by atoms with Crippen LogP contribution < -0.4 is 10.0 Å². The molecule has 1 aromatic heterocycles. The molecule has 0 saturated heterocycles. The highest BCUT2D eigenvalue weighted by Crippen LogP contribution is 2.34. The molecule has 0 bridgehead atoms. The number of sulfonamides is 1. The summed E-state index contributed by atoms with van der Waals surface area (Å²) in [4.78, 5) is 1.94. The van der Waals surface area contributed by atoms with Crippen molar-refractivity contribution in [3.8, 4) is 16.9 Å².